The third-order valence-electron chi connectivity index (χ3n) is 6.33. The van der Waals surface area contributed by atoms with Crippen molar-refractivity contribution in [3.63, 3.8) is 0 Å². The fraction of sp³-hybridized carbons (Fsp3) is 0.636. The van der Waals surface area contributed by atoms with Crippen LogP contribution in [0.15, 0.2) is 30.5 Å². The van der Waals surface area contributed by atoms with E-state index < -0.39 is 6.43 Å². The number of benzene rings is 1. The van der Waals surface area contributed by atoms with Gasteiger partial charge in [0.1, 0.15) is 11.9 Å². The molecule has 3 heterocycles. The molecule has 2 aliphatic heterocycles. The van der Waals surface area contributed by atoms with Gasteiger partial charge in [-0.05, 0) is 57.5 Å². The molecule has 4 nitrogen and oxygen atoms in total. The molecule has 28 heavy (non-hydrogen) atoms. The molecule has 0 amide bonds. The van der Waals surface area contributed by atoms with Crippen LogP contribution in [0.2, 0.25) is 0 Å². The maximum absolute atomic E-state index is 12.8. The number of rotatable bonds is 6. The monoisotopic (exact) mass is 391 g/mol. The summed E-state index contributed by atoms with van der Waals surface area (Å²) in [5, 5.41) is 0.925. The van der Waals surface area contributed by atoms with E-state index in [9.17, 15) is 8.78 Å². The molecule has 2 fully saturated rings. The summed E-state index contributed by atoms with van der Waals surface area (Å²) in [6, 6.07) is 8.32. The Balaban J connectivity index is 1.34. The van der Waals surface area contributed by atoms with E-state index in [1.54, 1.807) is 10.8 Å². The minimum Gasteiger partial charge on any atom is -0.490 e. The predicted octanol–water partition coefficient (Wildman–Crippen LogP) is 4.23. The number of hydrogen-bond acceptors (Lipinski definition) is 3. The summed E-state index contributed by atoms with van der Waals surface area (Å²) in [5.41, 5.74) is 0.815. The summed E-state index contributed by atoms with van der Waals surface area (Å²) >= 11 is 0. The molecule has 0 radical (unpaired) electrons. The van der Waals surface area contributed by atoms with Crippen molar-refractivity contribution in [2.75, 3.05) is 33.2 Å². The summed E-state index contributed by atoms with van der Waals surface area (Å²) in [6.07, 6.45) is 5.60. The summed E-state index contributed by atoms with van der Waals surface area (Å²) in [6.45, 7) is 4.24. The van der Waals surface area contributed by atoms with Gasteiger partial charge in [-0.25, -0.2) is 8.78 Å². The van der Waals surface area contributed by atoms with Crippen LogP contribution in [0.25, 0.3) is 10.9 Å². The highest BCUT2D eigenvalue weighted by Crippen LogP contribution is 2.30. The normalized spacial score (nSPS) is 22.9. The van der Waals surface area contributed by atoms with Crippen LogP contribution in [0.4, 0.5) is 8.78 Å². The first kappa shape index (κ1) is 19.6. The van der Waals surface area contributed by atoms with Crippen molar-refractivity contribution in [1.82, 2.24) is 14.4 Å². The number of nitrogens with zero attached hydrogens (tertiary/aromatic N) is 3. The van der Waals surface area contributed by atoms with Gasteiger partial charge in [0, 0.05) is 37.3 Å². The van der Waals surface area contributed by atoms with Crippen LogP contribution in [0.1, 0.15) is 32.1 Å². The molecule has 6 heteroatoms. The van der Waals surface area contributed by atoms with Crippen LogP contribution < -0.4 is 4.74 Å². The molecule has 154 valence electrons. The van der Waals surface area contributed by atoms with Gasteiger partial charge in [0.15, 0.2) is 0 Å². The van der Waals surface area contributed by atoms with Gasteiger partial charge >= 0.3 is 0 Å². The van der Waals surface area contributed by atoms with Crippen LogP contribution >= 0.6 is 0 Å². The molecular formula is C22H31F2N3O. The molecule has 1 aromatic carbocycles. The van der Waals surface area contributed by atoms with Gasteiger partial charge in [0.05, 0.1) is 12.1 Å². The number of hydrogen-bond donors (Lipinski definition) is 0. The average molecular weight is 392 g/mol. The lowest BCUT2D eigenvalue weighted by atomic mass is 10.0. The van der Waals surface area contributed by atoms with Crippen LogP contribution in [0.5, 0.6) is 5.75 Å². The van der Waals surface area contributed by atoms with Crippen LogP contribution in [-0.4, -0.2) is 66.2 Å². The molecular weight excluding hydrogens is 360 g/mol. The van der Waals surface area contributed by atoms with Gasteiger partial charge in [-0.3, -0.25) is 0 Å². The Morgan fingerprint density at radius 1 is 1.07 bits per heavy atom. The Hall–Kier alpha value is -1.66. The minimum absolute atomic E-state index is 0.199. The van der Waals surface area contributed by atoms with Crippen molar-refractivity contribution in [3.05, 3.63) is 30.5 Å². The first-order valence-corrected chi connectivity index (χ1v) is 10.6. The maximum Gasteiger partial charge on any atom is 0.256 e. The first-order valence-electron chi connectivity index (χ1n) is 10.6. The Bertz CT molecular complexity index is 770. The lowest BCUT2D eigenvalue weighted by Crippen LogP contribution is -2.48. The number of ether oxygens (including phenoxy) is 1. The number of fused-ring (bicyclic) bond motifs is 1. The molecule has 0 N–H and O–H groups in total. The molecule has 1 atom stereocenters. The highest BCUT2D eigenvalue weighted by molar-refractivity contribution is 5.86. The maximum atomic E-state index is 12.8. The van der Waals surface area contributed by atoms with Crippen molar-refractivity contribution in [2.45, 2.75) is 57.2 Å². The van der Waals surface area contributed by atoms with E-state index in [2.05, 4.69) is 16.8 Å². The Morgan fingerprint density at radius 3 is 2.64 bits per heavy atom. The minimum atomic E-state index is -2.35. The second kappa shape index (κ2) is 8.78. The quantitative estimate of drug-likeness (QED) is 0.735. The molecule has 1 unspecified atom stereocenters. The Morgan fingerprint density at radius 2 is 1.89 bits per heavy atom. The van der Waals surface area contributed by atoms with Gasteiger partial charge in [-0.15, -0.1) is 0 Å². The number of aromatic nitrogens is 1. The highest BCUT2D eigenvalue weighted by atomic mass is 19.3. The van der Waals surface area contributed by atoms with Gasteiger partial charge in [-0.1, -0.05) is 12.5 Å². The van der Waals surface area contributed by atoms with E-state index in [0.717, 1.165) is 49.1 Å². The van der Waals surface area contributed by atoms with E-state index >= 15 is 0 Å². The fourth-order valence-corrected chi connectivity index (χ4v) is 4.67. The molecule has 0 bridgehead atoms. The summed E-state index contributed by atoms with van der Waals surface area (Å²) in [7, 11) is 2.25. The molecule has 0 spiro atoms. The van der Waals surface area contributed by atoms with Crippen molar-refractivity contribution in [1.29, 1.82) is 0 Å². The summed E-state index contributed by atoms with van der Waals surface area (Å²) in [5.74, 6) is 0.816. The van der Waals surface area contributed by atoms with E-state index in [1.807, 2.05) is 24.3 Å². The SMILES string of the molecule is CN1CCCCC1CN1CCC(Oc2cccc3c2ccn3CC(F)F)CC1. The molecule has 0 aliphatic carbocycles. The second-order valence-corrected chi connectivity index (χ2v) is 8.30. The largest absolute Gasteiger partial charge is 0.490 e. The summed E-state index contributed by atoms with van der Waals surface area (Å²) < 4.78 is 33.5. The molecule has 2 saturated heterocycles. The number of likely N-dealkylation sites (tertiary alicyclic amines) is 2. The Kier molecular flexibility index (Phi) is 6.16. The van der Waals surface area contributed by atoms with E-state index in [0.29, 0.717) is 6.04 Å². The molecule has 2 aromatic rings. The first-order chi connectivity index (χ1) is 13.6. The Labute approximate surface area is 166 Å². The topological polar surface area (TPSA) is 20.6 Å². The zero-order chi connectivity index (χ0) is 19.5. The second-order valence-electron chi connectivity index (χ2n) is 8.30. The predicted molar refractivity (Wildman–Crippen MR) is 108 cm³/mol. The molecule has 0 saturated carbocycles. The van der Waals surface area contributed by atoms with Crippen molar-refractivity contribution in [3.8, 4) is 5.75 Å². The smallest absolute Gasteiger partial charge is 0.256 e. The summed E-state index contributed by atoms with van der Waals surface area (Å²) in [4.78, 5) is 5.09. The van der Waals surface area contributed by atoms with Crippen molar-refractivity contribution >= 4 is 10.9 Å². The highest BCUT2D eigenvalue weighted by Gasteiger charge is 2.26. The number of alkyl halides is 2. The number of halogens is 2. The molecule has 2 aliphatic rings. The molecule has 4 rings (SSSR count). The lowest BCUT2D eigenvalue weighted by Gasteiger charge is -2.39. The van der Waals surface area contributed by atoms with Crippen molar-refractivity contribution < 1.29 is 13.5 Å². The average Bonchev–Trinajstić information content (AvgIpc) is 3.08. The number of piperidine rings is 2. The van der Waals surface area contributed by atoms with Gasteiger partial charge in [0.25, 0.3) is 6.43 Å². The van der Waals surface area contributed by atoms with E-state index in [1.165, 1.54) is 25.8 Å². The molecule has 1 aromatic heterocycles. The standard InChI is InChI=1S/C22H31F2N3O/c1-25-11-3-2-5-17(25)15-26-12-8-18(9-13-26)28-21-7-4-6-20-19(21)10-14-27(20)16-22(23)24/h4,6-7,10,14,17-18,22H,2-3,5,8-9,11-13,15-16H2,1H3. The third kappa shape index (κ3) is 4.49. The zero-order valence-electron chi connectivity index (χ0n) is 16.7. The van der Waals surface area contributed by atoms with E-state index in [-0.39, 0.29) is 12.6 Å². The fourth-order valence-electron chi connectivity index (χ4n) is 4.67. The van der Waals surface area contributed by atoms with E-state index in [4.69, 9.17) is 4.74 Å². The number of likely N-dealkylation sites (N-methyl/N-ethyl adjacent to an activating group) is 1. The van der Waals surface area contributed by atoms with Gasteiger partial charge in [-0.2, -0.15) is 0 Å². The van der Waals surface area contributed by atoms with Crippen molar-refractivity contribution in [2.24, 2.45) is 0 Å². The van der Waals surface area contributed by atoms with Crippen LogP contribution in [-0.2, 0) is 6.54 Å². The zero-order valence-corrected chi connectivity index (χ0v) is 16.7. The van der Waals surface area contributed by atoms with Crippen LogP contribution in [0.3, 0.4) is 0 Å². The van der Waals surface area contributed by atoms with Crippen LogP contribution in [0, 0.1) is 0 Å². The lowest BCUT2D eigenvalue weighted by molar-refractivity contribution is 0.0713. The van der Waals surface area contributed by atoms with Gasteiger partial charge < -0.3 is 19.1 Å². The third-order valence-corrected chi connectivity index (χ3v) is 6.33. The van der Waals surface area contributed by atoms with Gasteiger partial charge in [0.2, 0.25) is 0 Å².